The van der Waals surface area contributed by atoms with Crippen LogP contribution >= 0.6 is 11.3 Å². The first-order chi connectivity index (χ1) is 10.1. The first-order valence-corrected chi connectivity index (χ1v) is 8.35. The molecule has 0 saturated carbocycles. The molecule has 1 aromatic heterocycles. The second-order valence-corrected chi connectivity index (χ2v) is 6.42. The van der Waals surface area contributed by atoms with Crippen LogP contribution in [0.2, 0.25) is 0 Å². The van der Waals surface area contributed by atoms with Crippen LogP contribution in [0.4, 0.5) is 0 Å². The maximum atomic E-state index is 5.85. The zero-order chi connectivity index (χ0) is 15.2. The van der Waals surface area contributed by atoms with E-state index in [0.717, 1.165) is 29.5 Å². The molecule has 0 aliphatic carbocycles. The van der Waals surface area contributed by atoms with Crippen LogP contribution < -0.4 is 10.1 Å². The van der Waals surface area contributed by atoms with Crippen LogP contribution in [0, 0.1) is 6.92 Å². The molecule has 3 nitrogen and oxygen atoms in total. The summed E-state index contributed by atoms with van der Waals surface area (Å²) in [5.41, 5.74) is 3.66. The lowest BCUT2D eigenvalue weighted by molar-refractivity contribution is 0.301. The van der Waals surface area contributed by atoms with Gasteiger partial charge in [-0.1, -0.05) is 26.8 Å². The van der Waals surface area contributed by atoms with Crippen LogP contribution in [-0.4, -0.2) is 11.5 Å². The zero-order valence-corrected chi connectivity index (χ0v) is 14.1. The average Bonchev–Trinajstić information content (AvgIpc) is 2.90. The summed E-state index contributed by atoms with van der Waals surface area (Å²) in [6.07, 6.45) is 0. The highest BCUT2D eigenvalue weighted by molar-refractivity contribution is 7.09. The quantitative estimate of drug-likeness (QED) is 0.829. The van der Waals surface area contributed by atoms with E-state index < -0.39 is 0 Å². The number of aromatic nitrogens is 1. The van der Waals surface area contributed by atoms with E-state index in [2.05, 4.69) is 55.5 Å². The van der Waals surface area contributed by atoms with Crippen molar-refractivity contribution in [3.05, 3.63) is 45.4 Å². The fourth-order valence-corrected chi connectivity index (χ4v) is 3.02. The Morgan fingerprint density at radius 3 is 2.81 bits per heavy atom. The van der Waals surface area contributed by atoms with Crippen molar-refractivity contribution in [2.75, 3.05) is 6.54 Å². The number of nitrogens with one attached hydrogen (secondary N) is 1. The van der Waals surface area contributed by atoms with Crippen molar-refractivity contribution in [2.45, 2.75) is 46.8 Å². The second-order valence-electron chi connectivity index (χ2n) is 5.47. The molecule has 0 spiro atoms. The van der Waals surface area contributed by atoms with Gasteiger partial charge in [-0.25, -0.2) is 4.98 Å². The molecule has 0 amide bonds. The molecule has 4 heteroatoms. The number of nitrogens with zero attached hydrogens (tertiary/aromatic N) is 1. The Morgan fingerprint density at radius 1 is 1.33 bits per heavy atom. The normalized spacial score (nSPS) is 11.1. The second kappa shape index (κ2) is 7.57. The highest BCUT2D eigenvalue weighted by atomic mass is 32.1. The Balaban J connectivity index is 1.93. The monoisotopic (exact) mass is 304 g/mol. The Morgan fingerprint density at radius 2 is 2.14 bits per heavy atom. The first-order valence-electron chi connectivity index (χ1n) is 7.47. The van der Waals surface area contributed by atoms with Gasteiger partial charge in [0, 0.05) is 11.9 Å². The van der Waals surface area contributed by atoms with Gasteiger partial charge in [-0.05, 0) is 42.6 Å². The Hall–Kier alpha value is -1.39. The van der Waals surface area contributed by atoms with E-state index in [4.69, 9.17) is 4.74 Å². The van der Waals surface area contributed by atoms with Gasteiger partial charge in [-0.15, -0.1) is 11.3 Å². The summed E-state index contributed by atoms with van der Waals surface area (Å²) >= 11 is 1.68. The van der Waals surface area contributed by atoms with E-state index >= 15 is 0 Å². The molecule has 21 heavy (non-hydrogen) atoms. The van der Waals surface area contributed by atoms with Crippen LogP contribution in [0.1, 0.15) is 48.5 Å². The Labute approximate surface area is 131 Å². The third kappa shape index (κ3) is 4.55. The van der Waals surface area contributed by atoms with Gasteiger partial charge in [-0.2, -0.15) is 0 Å². The molecule has 1 N–H and O–H groups in total. The molecule has 0 radical (unpaired) electrons. The highest BCUT2D eigenvalue weighted by Crippen LogP contribution is 2.24. The summed E-state index contributed by atoms with van der Waals surface area (Å²) in [4.78, 5) is 4.56. The van der Waals surface area contributed by atoms with E-state index in [1.54, 1.807) is 11.3 Å². The smallest absolute Gasteiger partial charge is 0.131 e. The van der Waals surface area contributed by atoms with Gasteiger partial charge >= 0.3 is 0 Å². The van der Waals surface area contributed by atoms with Crippen molar-refractivity contribution in [3.8, 4) is 5.75 Å². The molecule has 1 heterocycles. The minimum atomic E-state index is 0.531. The minimum absolute atomic E-state index is 0.531. The zero-order valence-electron chi connectivity index (χ0n) is 13.3. The van der Waals surface area contributed by atoms with Crippen molar-refractivity contribution >= 4 is 11.3 Å². The van der Waals surface area contributed by atoms with E-state index in [9.17, 15) is 0 Å². The topological polar surface area (TPSA) is 34.2 Å². The predicted molar refractivity (Wildman–Crippen MR) is 89.1 cm³/mol. The van der Waals surface area contributed by atoms with Crippen molar-refractivity contribution in [2.24, 2.45) is 0 Å². The van der Waals surface area contributed by atoms with Crippen LogP contribution in [0.15, 0.2) is 23.6 Å². The van der Waals surface area contributed by atoms with Crippen molar-refractivity contribution < 1.29 is 4.74 Å². The average molecular weight is 304 g/mol. The number of rotatable bonds is 7. The van der Waals surface area contributed by atoms with Gasteiger partial charge in [-0.3, -0.25) is 0 Å². The fraction of sp³-hybridized carbons (Fsp3) is 0.471. The number of hydrogen-bond acceptors (Lipinski definition) is 4. The fourth-order valence-electron chi connectivity index (χ4n) is 2.27. The van der Waals surface area contributed by atoms with Crippen LogP contribution in [0.3, 0.4) is 0 Å². The van der Waals surface area contributed by atoms with Crippen LogP contribution in [0.5, 0.6) is 5.75 Å². The molecule has 0 aliphatic heterocycles. The maximum Gasteiger partial charge on any atom is 0.131 e. The molecular weight excluding hydrogens is 280 g/mol. The highest BCUT2D eigenvalue weighted by Gasteiger charge is 2.06. The Kier molecular flexibility index (Phi) is 5.76. The van der Waals surface area contributed by atoms with Gasteiger partial charge in [0.05, 0.1) is 5.69 Å². The lowest BCUT2D eigenvalue weighted by atomic mass is 9.98. The molecule has 0 aliphatic rings. The summed E-state index contributed by atoms with van der Waals surface area (Å²) in [7, 11) is 0. The van der Waals surface area contributed by atoms with Gasteiger partial charge < -0.3 is 10.1 Å². The largest absolute Gasteiger partial charge is 0.487 e. The van der Waals surface area contributed by atoms with E-state index in [0.29, 0.717) is 12.5 Å². The Bertz CT molecular complexity index is 578. The molecule has 2 rings (SSSR count). The van der Waals surface area contributed by atoms with Crippen LogP contribution in [0.25, 0.3) is 0 Å². The summed E-state index contributed by atoms with van der Waals surface area (Å²) in [6.45, 7) is 11.0. The summed E-state index contributed by atoms with van der Waals surface area (Å²) in [5, 5.41) is 6.47. The van der Waals surface area contributed by atoms with E-state index in [-0.39, 0.29) is 0 Å². The predicted octanol–water partition coefficient (Wildman–Crippen LogP) is 4.26. The molecule has 114 valence electrons. The minimum Gasteiger partial charge on any atom is -0.487 e. The summed E-state index contributed by atoms with van der Waals surface area (Å²) < 4.78 is 5.85. The number of thiazole rings is 1. The third-order valence-electron chi connectivity index (χ3n) is 3.38. The summed E-state index contributed by atoms with van der Waals surface area (Å²) in [6, 6.07) is 6.32. The molecule has 0 saturated heterocycles. The van der Waals surface area contributed by atoms with Gasteiger partial charge in [0.1, 0.15) is 17.4 Å². The van der Waals surface area contributed by atoms with Gasteiger partial charge in [0.25, 0.3) is 0 Å². The molecule has 0 unspecified atom stereocenters. The van der Waals surface area contributed by atoms with Gasteiger partial charge in [0.2, 0.25) is 0 Å². The van der Waals surface area contributed by atoms with Crippen LogP contribution in [-0.2, 0) is 13.2 Å². The third-order valence-corrected chi connectivity index (χ3v) is 4.27. The lowest BCUT2D eigenvalue weighted by Crippen LogP contribution is -2.11. The number of hydrogen-bond donors (Lipinski definition) is 1. The maximum absolute atomic E-state index is 5.85. The van der Waals surface area contributed by atoms with Gasteiger partial charge in [0.15, 0.2) is 0 Å². The standard InChI is InChI=1S/C17H24N2OS/c1-5-18-9-17-19-14(11-21-17)10-20-15-6-7-16(12(2)3)13(4)8-15/h6-8,11-12,18H,5,9-10H2,1-4H3. The van der Waals surface area contributed by atoms with E-state index in [1.165, 1.54) is 11.1 Å². The molecule has 0 bridgehead atoms. The number of ether oxygens (including phenoxy) is 1. The van der Waals surface area contributed by atoms with Crippen molar-refractivity contribution in [1.29, 1.82) is 0 Å². The molecule has 2 aromatic rings. The van der Waals surface area contributed by atoms with E-state index in [1.807, 2.05) is 6.07 Å². The number of benzene rings is 1. The molecular formula is C17H24N2OS. The number of aryl methyl sites for hydroxylation is 1. The molecule has 0 atom stereocenters. The summed E-state index contributed by atoms with van der Waals surface area (Å²) in [5.74, 6) is 1.46. The lowest BCUT2D eigenvalue weighted by Gasteiger charge is -2.12. The van der Waals surface area contributed by atoms with Crippen molar-refractivity contribution in [3.63, 3.8) is 0 Å². The molecule has 0 fully saturated rings. The first kappa shape index (κ1) is 16.0. The van der Waals surface area contributed by atoms with Crippen molar-refractivity contribution in [1.82, 2.24) is 10.3 Å². The SMILES string of the molecule is CCNCc1nc(COc2ccc(C(C)C)c(C)c2)cs1. The molecule has 1 aromatic carbocycles.